The Morgan fingerprint density at radius 3 is 2.38 bits per heavy atom. The van der Waals surface area contributed by atoms with E-state index in [1.165, 1.54) is 12.7 Å². The number of carbonyl (C=O) groups excluding carboxylic acids is 1. The molecule has 138 valence electrons. The fourth-order valence-electron chi connectivity index (χ4n) is 2.62. The molecular weight excluding hydrogens is 326 g/mol. The zero-order chi connectivity index (χ0) is 18.8. The second-order valence-electron chi connectivity index (χ2n) is 6.13. The van der Waals surface area contributed by atoms with Gasteiger partial charge in [0.05, 0.1) is 12.7 Å². The molecule has 0 aliphatic rings. The van der Waals surface area contributed by atoms with Crippen LogP contribution < -0.4 is 10.6 Å². The van der Waals surface area contributed by atoms with E-state index in [-0.39, 0.29) is 5.97 Å². The van der Waals surface area contributed by atoms with Gasteiger partial charge in [-0.2, -0.15) is 0 Å². The number of nitrogens with zero attached hydrogens (tertiary/aromatic N) is 1. The number of benzene rings is 2. The van der Waals surface area contributed by atoms with Crippen molar-refractivity contribution in [1.82, 2.24) is 10.6 Å². The molecule has 0 heterocycles. The normalized spacial score (nSPS) is 12.3. The molecule has 1 atom stereocenters. The number of carbonyl (C=O) groups is 1. The standard InChI is InChI=1S/C21H27N3O2/c1-16(18-7-5-4-6-8-18)15-24-21(22-2)23-14-13-17-9-11-19(12-10-17)20(25)26-3/h4-12,16H,13-15H2,1-3H3,(H2,22,23,24). The summed E-state index contributed by atoms with van der Waals surface area (Å²) >= 11 is 0. The minimum Gasteiger partial charge on any atom is -0.465 e. The smallest absolute Gasteiger partial charge is 0.337 e. The third kappa shape index (κ3) is 5.92. The molecule has 2 aromatic carbocycles. The van der Waals surface area contributed by atoms with Crippen LogP contribution in [0.1, 0.15) is 34.3 Å². The number of methoxy groups -OCH3 is 1. The third-order valence-corrected chi connectivity index (χ3v) is 4.25. The molecule has 0 amide bonds. The van der Waals surface area contributed by atoms with Crippen molar-refractivity contribution in [3.8, 4) is 0 Å². The van der Waals surface area contributed by atoms with Crippen LogP contribution in [0.2, 0.25) is 0 Å². The maximum atomic E-state index is 11.4. The lowest BCUT2D eigenvalue weighted by Gasteiger charge is -2.16. The predicted molar refractivity (Wildman–Crippen MR) is 106 cm³/mol. The molecule has 0 spiro atoms. The number of aliphatic imine (C=N–C) groups is 1. The van der Waals surface area contributed by atoms with Gasteiger partial charge in [0.15, 0.2) is 5.96 Å². The van der Waals surface area contributed by atoms with E-state index in [1.807, 2.05) is 18.2 Å². The van der Waals surface area contributed by atoms with Gasteiger partial charge in [-0.05, 0) is 35.6 Å². The van der Waals surface area contributed by atoms with Crippen molar-refractivity contribution in [2.24, 2.45) is 4.99 Å². The minimum absolute atomic E-state index is 0.313. The molecule has 2 aromatic rings. The van der Waals surface area contributed by atoms with Crippen molar-refractivity contribution >= 4 is 11.9 Å². The summed E-state index contributed by atoms with van der Waals surface area (Å²) in [5.74, 6) is 0.881. The molecule has 0 aliphatic carbocycles. The summed E-state index contributed by atoms with van der Waals surface area (Å²) in [7, 11) is 3.16. The van der Waals surface area contributed by atoms with Gasteiger partial charge >= 0.3 is 5.97 Å². The Morgan fingerprint density at radius 2 is 1.77 bits per heavy atom. The van der Waals surface area contributed by atoms with Gasteiger partial charge in [0.1, 0.15) is 0 Å². The third-order valence-electron chi connectivity index (χ3n) is 4.25. The Balaban J connectivity index is 1.76. The van der Waals surface area contributed by atoms with Crippen LogP contribution in [0, 0.1) is 0 Å². The van der Waals surface area contributed by atoms with E-state index in [9.17, 15) is 4.79 Å². The van der Waals surface area contributed by atoms with Crippen molar-refractivity contribution in [3.63, 3.8) is 0 Å². The summed E-state index contributed by atoms with van der Waals surface area (Å²) in [5, 5.41) is 6.68. The molecule has 0 aromatic heterocycles. The second-order valence-corrected chi connectivity index (χ2v) is 6.13. The highest BCUT2D eigenvalue weighted by Crippen LogP contribution is 2.12. The van der Waals surface area contributed by atoms with Crippen molar-refractivity contribution in [2.75, 3.05) is 27.2 Å². The zero-order valence-electron chi connectivity index (χ0n) is 15.7. The highest BCUT2D eigenvalue weighted by Gasteiger charge is 2.07. The number of nitrogens with one attached hydrogen (secondary N) is 2. The van der Waals surface area contributed by atoms with Gasteiger partial charge < -0.3 is 15.4 Å². The molecule has 2 rings (SSSR count). The maximum absolute atomic E-state index is 11.4. The van der Waals surface area contributed by atoms with Crippen molar-refractivity contribution < 1.29 is 9.53 Å². The first-order chi connectivity index (χ1) is 12.6. The molecule has 1 unspecified atom stereocenters. The minimum atomic E-state index is -0.313. The number of hydrogen-bond donors (Lipinski definition) is 2. The lowest BCUT2D eigenvalue weighted by Crippen LogP contribution is -2.39. The van der Waals surface area contributed by atoms with Gasteiger partial charge in [0.25, 0.3) is 0 Å². The first kappa shape index (κ1) is 19.5. The Hall–Kier alpha value is -2.82. The molecule has 0 fully saturated rings. The molecule has 26 heavy (non-hydrogen) atoms. The van der Waals surface area contributed by atoms with E-state index < -0.39 is 0 Å². The topological polar surface area (TPSA) is 62.7 Å². The number of hydrogen-bond acceptors (Lipinski definition) is 3. The Bertz CT molecular complexity index is 712. The highest BCUT2D eigenvalue weighted by molar-refractivity contribution is 5.89. The lowest BCUT2D eigenvalue weighted by atomic mass is 10.0. The fourth-order valence-corrected chi connectivity index (χ4v) is 2.62. The van der Waals surface area contributed by atoms with Crippen molar-refractivity contribution in [1.29, 1.82) is 0 Å². The summed E-state index contributed by atoms with van der Waals surface area (Å²) in [4.78, 5) is 15.7. The van der Waals surface area contributed by atoms with Gasteiger partial charge in [0.2, 0.25) is 0 Å². The summed E-state index contributed by atoms with van der Waals surface area (Å²) in [6, 6.07) is 17.9. The number of guanidine groups is 1. The second kappa shape index (κ2) is 10.2. The van der Waals surface area contributed by atoms with Crippen molar-refractivity contribution in [3.05, 3.63) is 71.3 Å². The monoisotopic (exact) mass is 353 g/mol. The van der Waals surface area contributed by atoms with Gasteiger partial charge in [0, 0.05) is 20.1 Å². The van der Waals surface area contributed by atoms with Gasteiger partial charge in [-0.15, -0.1) is 0 Å². The average molecular weight is 353 g/mol. The van der Waals surface area contributed by atoms with Gasteiger partial charge in [-0.1, -0.05) is 49.4 Å². The lowest BCUT2D eigenvalue weighted by molar-refractivity contribution is 0.0600. The van der Waals surface area contributed by atoms with Crippen LogP contribution in [0.5, 0.6) is 0 Å². The average Bonchev–Trinajstić information content (AvgIpc) is 2.70. The molecule has 0 bridgehead atoms. The van der Waals surface area contributed by atoms with Crippen LogP contribution >= 0.6 is 0 Å². The molecule has 0 aliphatic heterocycles. The summed E-state index contributed by atoms with van der Waals surface area (Å²) < 4.78 is 4.71. The molecular formula is C21H27N3O2. The van der Waals surface area contributed by atoms with E-state index in [4.69, 9.17) is 4.74 Å². The first-order valence-electron chi connectivity index (χ1n) is 8.80. The first-order valence-corrected chi connectivity index (χ1v) is 8.80. The number of rotatable bonds is 7. The quantitative estimate of drug-likeness (QED) is 0.456. The molecule has 5 nitrogen and oxygen atoms in total. The van der Waals surface area contributed by atoms with Crippen LogP contribution in [-0.2, 0) is 11.2 Å². The molecule has 5 heteroatoms. The SMILES string of the molecule is CN=C(NCCc1ccc(C(=O)OC)cc1)NCC(C)c1ccccc1. The van der Waals surface area contributed by atoms with E-state index in [0.717, 1.165) is 31.0 Å². The zero-order valence-corrected chi connectivity index (χ0v) is 15.7. The fraction of sp³-hybridized carbons (Fsp3) is 0.333. The Labute approximate surface area is 155 Å². The van der Waals surface area contributed by atoms with Crippen LogP contribution in [0.4, 0.5) is 0 Å². The summed E-state index contributed by atoms with van der Waals surface area (Å²) in [6.45, 7) is 3.77. The van der Waals surface area contributed by atoms with E-state index >= 15 is 0 Å². The van der Waals surface area contributed by atoms with E-state index in [1.54, 1.807) is 19.2 Å². The largest absolute Gasteiger partial charge is 0.465 e. The van der Waals surface area contributed by atoms with Gasteiger partial charge in [-0.25, -0.2) is 4.79 Å². The maximum Gasteiger partial charge on any atom is 0.337 e. The van der Waals surface area contributed by atoms with E-state index in [0.29, 0.717) is 11.5 Å². The predicted octanol–water partition coefficient (Wildman–Crippen LogP) is 2.98. The summed E-state index contributed by atoms with van der Waals surface area (Å²) in [5.41, 5.74) is 3.02. The molecule has 0 radical (unpaired) electrons. The van der Waals surface area contributed by atoms with Crippen LogP contribution in [-0.4, -0.2) is 39.2 Å². The summed E-state index contributed by atoms with van der Waals surface area (Å²) in [6.07, 6.45) is 0.844. The molecule has 2 N–H and O–H groups in total. The Morgan fingerprint density at radius 1 is 1.08 bits per heavy atom. The highest BCUT2D eigenvalue weighted by atomic mass is 16.5. The molecule has 0 saturated carbocycles. The number of esters is 1. The molecule has 0 saturated heterocycles. The van der Waals surface area contributed by atoms with Gasteiger partial charge in [-0.3, -0.25) is 4.99 Å². The Kier molecular flexibility index (Phi) is 7.68. The van der Waals surface area contributed by atoms with Crippen LogP contribution in [0.3, 0.4) is 0 Å². The van der Waals surface area contributed by atoms with Crippen LogP contribution in [0.15, 0.2) is 59.6 Å². The van der Waals surface area contributed by atoms with E-state index in [2.05, 4.69) is 46.8 Å². The van der Waals surface area contributed by atoms with Crippen LogP contribution in [0.25, 0.3) is 0 Å². The van der Waals surface area contributed by atoms with Crippen molar-refractivity contribution in [2.45, 2.75) is 19.3 Å². The number of ether oxygens (including phenoxy) is 1.